The Bertz CT molecular complexity index is 744. The van der Waals surface area contributed by atoms with E-state index in [1.807, 2.05) is 32.3 Å². The Morgan fingerprint density at radius 1 is 1.16 bits per heavy atom. The first-order valence-electron chi connectivity index (χ1n) is 8.06. The van der Waals surface area contributed by atoms with E-state index in [0.717, 1.165) is 22.8 Å². The van der Waals surface area contributed by atoms with Gasteiger partial charge in [0.2, 0.25) is 6.79 Å². The first kappa shape index (κ1) is 17.1. The maximum atomic E-state index is 12.4. The number of hydrogen-bond acceptors (Lipinski definition) is 5. The van der Waals surface area contributed by atoms with Crippen LogP contribution in [0, 0.1) is 0 Å². The Morgan fingerprint density at radius 3 is 2.56 bits per heavy atom. The number of ether oxygens (including phenoxy) is 3. The van der Waals surface area contributed by atoms with Crippen LogP contribution in [0.1, 0.15) is 22.0 Å². The molecule has 25 heavy (non-hydrogen) atoms. The van der Waals surface area contributed by atoms with Gasteiger partial charge in [0.25, 0.3) is 5.91 Å². The van der Waals surface area contributed by atoms with E-state index in [4.69, 9.17) is 14.2 Å². The second-order valence-corrected chi connectivity index (χ2v) is 6.03. The summed E-state index contributed by atoms with van der Waals surface area (Å²) in [5, 5.41) is 2.99. The van der Waals surface area contributed by atoms with Gasteiger partial charge in [-0.15, -0.1) is 0 Å². The molecule has 6 nitrogen and oxygen atoms in total. The van der Waals surface area contributed by atoms with Gasteiger partial charge in [-0.1, -0.05) is 6.07 Å². The van der Waals surface area contributed by atoms with Crippen LogP contribution in [0.2, 0.25) is 0 Å². The predicted octanol–water partition coefficient (Wildman–Crippen LogP) is 2.46. The van der Waals surface area contributed by atoms with Crippen molar-refractivity contribution in [3.05, 3.63) is 53.6 Å². The highest BCUT2D eigenvalue weighted by Crippen LogP contribution is 2.34. The van der Waals surface area contributed by atoms with Crippen LogP contribution in [0.15, 0.2) is 42.5 Å². The van der Waals surface area contributed by atoms with E-state index in [2.05, 4.69) is 10.2 Å². The van der Waals surface area contributed by atoms with Gasteiger partial charge in [0.15, 0.2) is 11.5 Å². The summed E-state index contributed by atoms with van der Waals surface area (Å²) in [6.45, 7) is 0.733. The lowest BCUT2D eigenvalue weighted by atomic mass is 10.0. The number of likely N-dealkylation sites (N-methyl/N-ethyl adjacent to an activating group) is 1. The van der Waals surface area contributed by atoms with Crippen LogP contribution in [0.4, 0.5) is 0 Å². The third-order valence-electron chi connectivity index (χ3n) is 4.21. The van der Waals surface area contributed by atoms with Gasteiger partial charge in [-0.05, 0) is 56.1 Å². The zero-order valence-electron chi connectivity index (χ0n) is 14.6. The van der Waals surface area contributed by atoms with Gasteiger partial charge in [-0.3, -0.25) is 4.79 Å². The summed E-state index contributed by atoms with van der Waals surface area (Å²) in [5.41, 5.74) is 1.66. The summed E-state index contributed by atoms with van der Waals surface area (Å²) in [4.78, 5) is 14.4. The second-order valence-electron chi connectivity index (χ2n) is 6.03. The molecule has 1 amide bonds. The number of methoxy groups -OCH3 is 1. The molecule has 0 bridgehead atoms. The largest absolute Gasteiger partial charge is 0.497 e. The number of amides is 1. The van der Waals surface area contributed by atoms with E-state index in [1.54, 1.807) is 31.4 Å². The number of nitrogens with zero attached hydrogens (tertiary/aromatic N) is 1. The Balaban J connectivity index is 1.68. The third kappa shape index (κ3) is 3.85. The van der Waals surface area contributed by atoms with Crippen LogP contribution in [0.3, 0.4) is 0 Å². The third-order valence-corrected chi connectivity index (χ3v) is 4.21. The molecule has 0 radical (unpaired) electrons. The summed E-state index contributed by atoms with van der Waals surface area (Å²) >= 11 is 0. The first-order chi connectivity index (χ1) is 12.1. The van der Waals surface area contributed by atoms with Crippen LogP contribution < -0.4 is 19.5 Å². The van der Waals surface area contributed by atoms with Gasteiger partial charge in [-0.25, -0.2) is 0 Å². The number of carbonyl (C=O) groups excluding carboxylic acids is 1. The molecule has 0 unspecified atom stereocenters. The quantitative estimate of drug-likeness (QED) is 0.874. The lowest BCUT2D eigenvalue weighted by Crippen LogP contribution is -2.34. The van der Waals surface area contributed by atoms with Gasteiger partial charge in [0.1, 0.15) is 5.75 Å². The Hall–Kier alpha value is -2.73. The van der Waals surface area contributed by atoms with Crippen molar-refractivity contribution in [2.24, 2.45) is 0 Å². The van der Waals surface area contributed by atoms with Gasteiger partial charge in [0.05, 0.1) is 13.2 Å². The first-order valence-corrected chi connectivity index (χ1v) is 8.06. The average molecular weight is 342 g/mol. The van der Waals surface area contributed by atoms with Crippen LogP contribution in [-0.4, -0.2) is 45.3 Å². The highest BCUT2D eigenvalue weighted by Gasteiger charge is 2.20. The normalized spacial score (nSPS) is 13.6. The summed E-state index contributed by atoms with van der Waals surface area (Å²) in [5.74, 6) is 2.10. The fourth-order valence-corrected chi connectivity index (χ4v) is 2.75. The van der Waals surface area contributed by atoms with E-state index in [-0.39, 0.29) is 18.7 Å². The molecule has 1 N–H and O–H groups in total. The van der Waals surface area contributed by atoms with Crippen LogP contribution in [0.5, 0.6) is 17.2 Å². The topological polar surface area (TPSA) is 60.0 Å². The van der Waals surface area contributed by atoms with E-state index in [1.165, 1.54) is 0 Å². The van der Waals surface area contributed by atoms with Crippen molar-refractivity contribution in [1.29, 1.82) is 0 Å². The summed E-state index contributed by atoms with van der Waals surface area (Å²) in [6, 6.07) is 12.9. The molecule has 2 aromatic carbocycles. The Morgan fingerprint density at radius 2 is 1.88 bits per heavy atom. The molecule has 2 aromatic rings. The van der Waals surface area contributed by atoms with Crippen LogP contribution >= 0.6 is 0 Å². The number of hydrogen-bond donors (Lipinski definition) is 1. The predicted molar refractivity (Wildman–Crippen MR) is 94.3 cm³/mol. The molecule has 0 saturated heterocycles. The molecule has 0 saturated carbocycles. The molecular formula is C19H22N2O4. The number of nitrogens with one attached hydrogen (secondary N) is 1. The number of fused-ring (bicyclic) bond motifs is 1. The Labute approximate surface area is 147 Å². The average Bonchev–Trinajstić information content (AvgIpc) is 3.09. The van der Waals surface area contributed by atoms with Gasteiger partial charge < -0.3 is 24.4 Å². The molecule has 1 aliphatic heterocycles. The number of benzene rings is 2. The van der Waals surface area contributed by atoms with Gasteiger partial charge in [-0.2, -0.15) is 0 Å². The van der Waals surface area contributed by atoms with Crippen molar-refractivity contribution in [1.82, 2.24) is 10.2 Å². The maximum absolute atomic E-state index is 12.4. The van der Waals surface area contributed by atoms with E-state index < -0.39 is 0 Å². The summed E-state index contributed by atoms with van der Waals surface area (Å²) in [7, 11) is 5.56. The minimum absolute atomic E-state index is 0.0247. The zero-order chi connectivity index (χ0) is 17.8. The molecule has 1 aliphatic rings. The molecule has 0 aliphatic carbocycles. The SMILES string of the molecule is COc1ccc(C(=O)NC[C@@H](c2ccc3c(c2)OCO3)N(C)C)cc1. The Kier molecular flexibility index (Phi) is 5.09. The lowest BCUT2D eigenvalue weighted by Gasteiger charge is -2.25. The molecular weight excluding hydrogens is 320 g/mol. The molecule has 1 atom stereocenters. The fourth-order valence-electron chi connectivity index (χ4n) is 2.75. The highest BCUT2D eigenvalue weighted by atomic mass is 16.7. The minimum atomic E-state index is -0.116. The molecule has 1 heterocycles. The zero-order valence-corrected chi connectivity index (χ0v) is 14.6. The van der Waals surface area contributed by atoms with E-state index >= 15 is 0 Å². The monoisotopic (exact) mass is 342 g/mol. The second kappa shape index (κ2) is 7.44. The molecule has 3 rings (SSSR count). The van der Waals surface area contributed by atoms with Gasteiger partial charge >= 0.3 is 0 Å². The molecule has 0 aromatic heterocycles. The van der Waals surface area contributed by atoms with E-state index in [0.29, 0.717) is 12.1 Å². The smallest absolute Gasteiger partial charge is 0.251 e. The van der Waals surface area contributed by atoms with Crippen molar-refractivity contribution in [3.63, 3.8) is 0 Å². The highest BCUT2D eigenvalue weighted by molar-refractivity contribution is 5.94. The maximum Gasteiger partial charge on any atom is 0.251 e. The number of carbonyl (C=O) groups is 1. The molecule has 6 heteroatoms. The van der Waals surface area contributed by atoms with Crippen LogP contribution in [0.25, 0.3) is 0 Å². The fraction of sp³-hybridized carbons (Fsp3) is 0.316. The van der Waals surface area contributed by atoms with Crippen molar-refractivity contribution in [3.8, 4) is 17.2 Å². The number of rotatable bonds is 6. The van der Waals surface area contributed by atoms with Crippen molar-refractivity contribution < 1.29 is 19.0 Å². The standard InChI is InChI=1S/C19H22N2O4/c1-21(2)16(14-6-9-17-18(10-14)25-12-24-17)11-20-19(22)13-4-7-15(23-3)8-5-13/h4-10,16H,11-12H2,1-3H3,(H,20,22)/t16-/m0/s1. The molecule has 0 spiro atoms. The summed E-state index contributed by atoms with van der Waals surface area (Å²) < 4.78 is 15.9. The van der Waals surface area contributed by atoms with Crippen molar-refractivity contribution in [2.45, 2.75) is 6.04 Å². The molecule has 0 fully saturated rings. The summed E-state index contributed by atoms with van der Waals surface area (Å²) in [6.07, 6.45) is 0. The van der Waals surface area contributed by atoms with E-state index in [9.17, 15) is 4.79 Å². The van der Waals surface area contributed by atoms with Gasteiger partial charge in [0, 0.05) is 12.1 Å². The lowest BCUT2D eigenvalue weighted by molar-refractivity contribution is 0.0942. The van der Waals surface area contributed by atoms with Crippen molar-refractivity contribution in [2.75, 3.05) is 34.5 Å². The minimum Gasteiger partial charge on any atom is -0.497 e. The van der Waals surface area contributed by atoms with Crippen molar-refractivity contribution >= 4 is 5.91 Å². The van der Waals surface area contributed by atoms with Crippen LogP contribution in [-0.2, 0) is 0 Å². The molecule has 132 valence electrons.